The van der Waals surface area contributed by atoms with Crippen LogP contribution in [-0.4, -0.2) is 31.4 Å². The van der Waals surface area contributed by atoms with E-state index in [1.807, 2.05) is 18.2 Å². The van der Waals surface area contributed by atoms with Crippen LogP contribution in [0, 0.1) is 0 Å². The average molecular weight is 291 g/mol. The molecule has 0 unspecified atom stereocenters. The van der Waals surface area contributed by atoms with Gasteiger partial charge in [0.2, 0.25) is 11.8 Å². The van der Waals surface area contributed by atoms with Gasteiger partial charge in [0.1, 0.15) is 0 Å². The fourth-order valence-corrected chi connectivity index (χ4v) is 2.38. The van der Waals surface area contributed by atoms with E-state index >= 15 is 0 Å². The minimum Gasteiger partial charge on any atom is -0.354 e. The van der Waals surface area contributed by atoms with Crippen molar-refractivity contribution in [1.82, 2.24) is 10.6 Å². The molecule has 0 spiro atoms. The summed E-state index contributed by atoms with van der Waals surface area (Å²) in [6.07, 6.45) is 1.87. The van der Waals surface area contributed by atoms with E-state index in [2.05, 4.69) is 36.6 Å². The van der Waals surface area contributed by atoms with Crippen LogP contribution in [0.1, 0.15) is 32.3 Å². The number of benzene rings is 1. The van der Waals surface area contributed by atoms with Crippen molar-refractivity contribution in [2.24, 2.45) is 5.73 Å². The van der Waals surface area contributed by atoms with Crippen molar-refractivity contribution in [3.63, 3.8) is 0 Å². The van der Waals surface area contributed by atoms with Gasteiger partial charge in [0.15, 0.2) is 0 Å². The van der Waals surface area contributed by atoms with E-state index in [0.29, 0.717) is 6.54 Å². The minimum absolute atomic E-state index is 0.0334. The van der Waals surface area contributed by atoms with Crippen LogP contribution in [0.3, 0.4) is 0 Å². The molecule has 116 valence electrons. The maximum absolute atomic E-state index is 11.8. The molecule has 5 heteroatoms. The first-order valence-electron chi connectivity index (χ1n) is 7.37. The lowest BCUT2D eigenvalue weighted by atomic mass is 9.76. The minimum atomic E-state index is -0.328. The fraction of sp³-hybridized carbons (Fsp3) is 0.500. The van der Waals surface area contributed by atoms with Gasteiger partial charge in [-0.25, -0.2) is 0 Å². The van der Waals surface area contributed by atoms with Gasteiger partial charge in [0, 0.05) is 12.0 Å². The summed E-state index contributed by atoms with van der Waals surface area (Å²) in [6.45, 7) is 4.67. The fourth-order valence-electron chi connectivity index (χ4n) is 2.38. The number of hydrogen-bond acceptors (Lipinski definition) is 3. The molecule has 0 saturated heterocycles. The van der Waals surface area contributed by atoms with E-state index in [1.165, 1.54) is 5.56 Å². The second-order valence-corrected chi connectivity index (χ2v) is 5.11. The molecule has 0 aliphatic rings. The lowest BCUT2D eigenvalue weighted by Gasteiger charge is -2.32. The van der Waals surface area contributed by atoms with E-state index < -0.39 is 0 Å². The number of rotatable bonds is 8. The highest BCUT2D eigenvalue weighted by Crippen LogP contribution is 2.30. The Morgan fingerprint density at radius 2 is 1.67 bits per heavy atom. The Morgan fingerprint density at radius 1 is 1.05 bits per heavy atom. The standard InChI is InChI=1S/C16H25N3O2/c1-3-16(4-2,13-8-6-5-7-9-13)12-19-15(21)11-18-14(20)10-17/h5-9H,3-4,10-12,17H2,1-2H3,(H,18,20)(H,19,21). The monoisotopic (exact) mass is 291 g/mol. The van der Waals surface area contributed by atoms with Crippen LogP contribution in [0.15, 0.2) is 30.3 Å². The Morgan fingerprint density at radius 3 is 2.19 bits per heavy atom. The van der Waals surface area contributed by atoms with Crippen molar-refractivity contribution in [3.05, 3.63) is 35.9 Å². The summed E-state index contributed by atoms with van der Waals surface area (Å²) in [5, 5.41) is 5.38. The highest BCUT2D eigenvalue weighted by Gasteiger charge is 2.28. The summed E-state index contributed by atoms with van der Waals surface area (Å²) in [7, 11) is 0. The molecule has 0 atom stereocenters. The second-order valence-electron chi connectivity index (χ2n) is 5.11. The van der Waals surface area contributed by atoms with Gasteiger partial charge in [-0.05, 0) is 18.4 Å². The van der Waals surface area contributed by atoms with E-state index in [-0.39, 0.29) is 30.3 Å². The zero-order valence-corrected chi connectivity index (χ0v) is 12.8. The van der Waals surface area contributed by atoms with E-state index in [4.69, 9.17) is 5.73 Å². The van der Waals surface area contributed by atoms with Crippen molar-refractivity contribution in [2.45, 2.75) is 32.1 Å². The predicted molar refractivity (Wildman–Crippen MR) is 83.8 cm³/mol. The van der Waals surface area contributed by atoms with Crippen LogP contribution in [0.25, 0.3) is 0 Å². The lowest BCUT2D eigenvalue weighted by molar-refractivity contribution is -0.125. The summed E-state index contributed by atoms with van der Waals surface area (Å²) in [4.78, 5) is 22.8. The molecule has 0 bridgehead atoms. The Labute approximate surface area is 126 Å². The Hall–Kier alpha value is -1.88. The maximum Gasteiger partial charge on any atom is 0.239 e. The first kappa shape index (κ1) is 17.2. The van der Waals surface area contributed by atoms with Crippen LogP contribution in [0.5, 0.6) is 0 Å². The molecule has 2 amide bonds. The molecule has 0 radical (unpaired) electrons. The van der Waals surface area contributed by atoms with Crippen molar-refractivity contribution >= 4 is 11.8 Å². The first-order chi connectivity index (χ1) is 10.1. The Balaban J connectivity index is 2.64. The molecular formula is C16H25N3O2. The Kier molecular flexibility index (Phi) is 6.88. The molecule has 1 aromatic carbocycles. The highest BCUT2D eigenvalue weighted by molar-refractivity contribution is 5.85. The molecule has 5 nitrogen and oxygen atoms in total. The molecule has 1 rings (SSSR count). The number of hydrogen-bond donors (Lipinski definition) is 3. The second kappa shape index (κ2) is 8.42. The van der Waals surface area contributed by atoms with Crippen LogP contribution < -0.4 is 16.4 Å². The predicted octanol–water partition coefficient (Wildman–Crippen LogP) is 0.936. The zero-order valence-electron chi connectivity index (χ0n) is 12.8. The van der Waals surface area contributed by atoms with Crippen LogP contribution in [-0.2, 0) is 15.0 Å². The third-order valence-corrected chi connectivity index (χ3v) is 4.00. The molecule has 21 heavy (non-hydrogen) atoms. The van der Waals surface area contributed by atoms with Gasteiger partial charge in [-0.1, -0.05) is 44.2 Å². The topological polar surface area (TPSA) is 84.2 Å². The molecule has 0 saturated carbocycles. The molecular weight excluding hydrogens is 266 g/mol. The van der Waals surface area contributed by atoms with Crippen molar-refractivity contribution < 1.29 is 9.59 Å². The van der Waals surface area contributed by atoms with Gasteiger partial charge in [-0.2, -0.15) is 0 Å². The summed E-state index contributed by atoms with van der Waals surface area (Å²) in [6, 6.07) is 10.2. The number of carbonyl (C=O) groups excluding carboxylic acids is 2. The smallest absolute Gasteiger partial charge is 0.239 e. The van der Waals surface area contributed by atoms with Gasteiger partial charge >= 0.3 is 0 Å². The summed E-state index contributed by atoms with van der Waals surface area (Å²) in [5.41, 5.74) is 6.33. The Bertz CT molecular complexity index is 456. The summed E-state index contributed by atoms with van der Waals surface area (Å²) >= 11 is 0. The van der Waals surface area contributed by atoms with Gasteiger partial charge in [0.25, 0.3) is 0 Å². The lowest BCUT2D eigenvalue weighted by Crippen LogP contribution is -2.45. The number of amides is 2. The molecule has 0 heterocycles. The SMILES string of the molecule is CCC(CC)(CNC(=O)CNC(=O)CN)c1ccccc1. The third-order valence-electron chi connectivity index (χ3n) is 4.00. The van der Waals surface area contributed by atoms with Crippen molar-refractivity contribution in [1.29, 1.82) is 0 Å². The quantitative estimate of drug-likeness (QED) is 0.666. The molecule has 1 aromatic rings. The summed E-state index contributed by atoms with van der Waals surface area (Å²) in [5.74, 6) is -0.524. The number of nitrogens with one attached hydrogen (secondary N) is 2. The van der Waals surface area contributed by atoms with E-state index in [0.717, 1.165) is 12.8 Å². The van der Waals surface area contributed by atoms with Gasteiger partial charge < -0.3 is 16.4 Å². The molecule has 0 fully saturated rings. The largest absolute Gasteiger partial charge is 0.354 e. The van der Waals surface area contributed by atoms with Crippen molar-refractivity contribution in [2.75, 3.05) is 19.6 Å². The molecule has 4 N–H and O–H groups in total. The number of carbonyl (C=O) groups is 2. The third kappa shape index (κ3) is 4.86. The van der Waals surface area contributed by atoms with Crippen LogP contribution in [0.4, 0.5) is 0 Å². The van der Waals surface area contributed by atoms with E-state index in [1.54, 1.807) is 0 Å². The van der Waals surface area contributed by atoms with Gasteiger partial charge in [0.05, 0.1) is 13.1 Å². The van der Waals surface area contributed by atoms with E-state index in [9.17, 15) is 9.59 Å². The van der Waals surface area contributed by atoms with Gasteiger partial charge in [-0.15, -0.1) is 0 Å². The first-order valence-corrected chi connectivity index (χ1v) is 7.37. The van der Waals surface area contributed by atoms with Crippen molar-refractivity contribution in [3.8, 4) is 0 Å². The summed E-state index contributed by atoms with van der Waals surface area (Å²) < 4.78 is 0. The molecule has 0 aliphatic carbocycles. The highest BCUT2D eigenvalue weighted by atomic mass is 16.2. The molecule has 0 aromatic heterocycles. The zero-order chi connectivity index (χ0) is 15.7. The number of nitrogens with two attached hydrogens (primary N) is 1. The van der Waals surface area contributed by atoms with Crippen LogP contribution in [0.2, 0.25) is 0 Å². The maximum atomic E-state index is 11.8. The van der Waals surface area contributed by atoms with Crippen LogP contribution >= 0.6 is 0 Å². The van der Waals surface area contributed by atoms with Gasteiger partial charge in [-0.3, -0.25) is 9.59 Å². The normalized spacial score (nSPS) is 11.0. The molecule has 0 aliphatic heterocycles. The average Bonchev–Trinajstić information content (AvgIpc) is 2.55.